The number of H-pyrrole nitrogens is 1. The molecule has 18 heavy (non-hydrogen) atoms. The molecule has 2 N–H and O–H groups in total. The molecule has 8 heteroatoms. The molecule has 0 radical (unpaired) electrons. The molecule has 1 aliphatic rings. The lowest BCUT2D eigenvalue weighted by atomic mass is 10.1. The number of nitrogens with one attached hydrogen (secondary N) is 1. The van der Waals surface area contributed by atoms with Gasteiger partial charge in [-0.1, -0.05) is 0 Å². The van der Waals surface area contributed by atoms with E-state index in [-0.39, 0.29) is 24.6 Å². The first kappa shape index (κ1) is 13.5. The summed E-state index contributed by atoms with van der Waals surface area (Å²) in [6, 6.07) is 0. The number of sulfonamides is 1. The molecule has 1 aromatic heterocycles. The van der Waals surface area contributed by atoms with Gasteiger partial charge in [-0.05, 0) is 13.8 Å². The molecule has 1 aromatic rings. The van der Waals surface area contributed by atoms with Crippen molar-refractivity contribution in [3.63, 3.8) is 0 Å². The van der Waals surface area contributed by atoms with Gasteiger partial charge in [0, 0.05) is 19.3 Å². The Hall–Kier alpha value is -0.960. The smallest absolute Gasteiger partial charge is 0.246 e. The molecule has 1 aliphatic heterocycles. The molecule has 1 unspecified atom stereocenters. The lowest BCUT2D eigenvalue weighted by molar-refractivity contribution is -0.131. The van der Waals surface area contributed by atoms with Crippen LogP contribution in [0.2, 0.25) is 0 Å². The van der Waals surface area contributed by atoms with Crippen LogP contribution in [0.3, 0.4) is 0 Å². The molecule has 0 saturated carbocycles. The largest absolute Gasteiger partial charge is 0.394 e. The average Bonchev–Trinajstić information content (AvgIpc) is 2.80. The van der Waals surface area contributed by atoms with Gasteiger partial charge >= 0.3 is 0 Å². The Kier molecular flexibility index (Phi) is 3.45. The molecule has 1 fully saturated rings. The van der Waals surface area contributed by atoms with Crippen LogP contribution in [0.4, 0.5) is 0 Å². The molecule has 0 spiro atoms. The van der Waals surface area contributed by atoms with Crippen molar-refractivity contribution >= 4 is 10.0 Å². The van der Waals surface area contributed by atoms with E-state index < -0.39 is 21.7 Å². The summed E-state index contributed by atoms with van der Waals surface area (Å²) < 4.78 is 31.6. The fraction of sp³-hybridized carbons (Fsp3) is 0.700. The summed E-state index contributed by atoms with van der Waals surface area (Å²) in [6.07, 6.45) is 2.10. The maximum atomic E-state index is 12.3. The van der Waals surface area contributed by atoms with E-state index in [4.69, 9.17) is 4.74 Å². The molecule has 102 valence electrons. The van der Waals surface area contributed by atoms with Crippen molar-refractivity contribution in [2.75, 3.05) is 19.7 Å². The van der Waals surface area contributed by atoms with Gasteiger partial charge in [-0.2, -0.15) is 9.40 Å². The second-order valence-electron chi connectivity index (χ2n) is 4.91. The van der Waals surface area contributed by atoms with Crippen LogP contribution in [0.5, 0.6) is 0 Å². The average molecular weight is 275 g/mol. The van der Waals surface area contributed by atoms with Crippen LogP contribution in [-0.2, 0) is 14.8 Å². The minimum atomic E-state index is -3.58. The van der Waals surface area contributed by atoms with Crippen molar-refractivity contribution in [3.05, 3.63) is 12.4 Å². The lowest BCUT2D eigenvalue weighted by Crippen LogP contribution is -2.55. The summed E-state index contributed by atoms with van der Waals surface area (Å²) in [7, 11) is -3.58. The Morgan fingerprint density at radius 2 is 2.39 bits per heavy atom. The van der Waals surface area contributed by atoms with E-state index in [1.807, 2.05) is 0 Å². The normalized spacial score (nSPS) is 25.2. The highest BCUT2D eigenvalue weighted by Gasteiger charge is 2.39. The number of aromatic nitrogens is 2. The molecule has 0 aromatic carbocycles. The van der Waals surface area contributed by atoms with E-state index in [2.05, 4.69) is 10.2 Å². The third kappa shape index (κ3) is 2.56. The predicted octanol–water partition coefficient (Wildman–Crippen LogP) is -0.430. The molecule has 1 atom stereocenters. The lowest BCUT2D eigenvalue weighted by Gasteiger charge is -2.41. The van der Waals surface area contributed by atoms with Gasteiger partial charge in [0.1, 0.15) is 4.90 Å². The van der Waals surface area contributed by atoms with Crippen molar-refractivity contribution in [1.82, 2.24) is 14.5 Å². The summed E-state index contributed by atoms with van der Waals surface area (Å²) in [5.74, 6) is 0. The Morgan fingerprint density at radius 3 is 2.94 bits per heavy atom. The van der Waals surface area contributed by atoms with E-state index in [9.17, 15) is 13.5 Å². The van der Waals surface area contributed by atoms with Gasteiger partial charge in [-0.3, -0.25) is 5.10 Å². The Bertz CT molecular complexity index is 497. The van der Waals surface area contributed by atoms with Gasteiger partial charge in [0.15, 0.2) is 0 Å². The highest BCUT2D eigenvalue weighted by Crippen LogP contribution is 2.25. The van der Waals surface area contributed by atoms with Crippen LogP contribution in [0.15, 0.2) is 17.3 Å². The standard InChI is InChI=1S/C10H17N3O4S/c1-10(2)7-13(5-8(6-14)17-10)18(15,16)9-3-11-12-4-9/h3-4,8,14H,5-7H2,1-2H3,(H,11,12). The summed E-state index contributed by atoms with van der Waals surface area (Å²) in [5, 5.41) is 15.3. The van der Waals surface area contributed by atoms with Gasteiger partial charge in [-0.25, -0.2) is 8.42 Å². The number of aliphatic hydroxyl groups is 1. The topological polar surface area (TPSA) is 95.5 Å². The second kappa shape index (κ2) is 4.61. The first-order valence-corrected chi connectivity index (χ1v) is 7.07. The van der Waals surface area contributed by atoms with Gasteiger partial charge in [0.05, 0.1) is 24.5 Å². The van der Waals surface area contributed by atoms with Crippen LogP contribution in [0.1, 0.15) is 13.8 Å². The summed E-state index contributed by atoms with van der Waals surface area (Å²) in [6.45, 7) is 3.78. The van der Waals surface area contributed by atoms with Crippen molar-refractivity contribution in [1.29, 1.82) is 0 Å². The van der Waals surface area contributed by atoms with Crippen molar-refractivity contribution < 1.29 is 18.3 Å². The van der Waals surface area contributed by atoms with Crippen molar-refractivity contribution in [3.8, 4) is 0 Å². The summed E-state index contributed by atoms with van der Waals surface area (Å²) in [5.41, 5.74) is -0.623. The number of aliphatic hydroxyl groups excluding tert-OH is 1. The highest BCUT2D eigenvalue weighted by molar-refractivity contribution is 7.89. The first-order chi connectivity index (χ1) is 8.35. The zero-order chi connectivity index (χ0) is 13.4. The van der Waals surface area contributed by atoms with E-state index in [0.717, 1.165) is 0 Å². The Balaban J connectivity index is 2.28. The van der Waals surface area contributed by atoms with E-state index in [0.29, 0.717) is 0 Å². The number of ether oxygens (including phenoxy) is 1. The fourth-order valence-electron chi connectivity index (χ4n) is 2.05. The number of hydrogen-bond acceptors (Lipinski definition) is 5. The second-order valence-corrected chi connectivity index (χ2v) is 6.85. The zero-order valence-corrected chi connectivity index (χ0v) is 11.1. The number of nitrogens with zero attached hydrogens (tertiary/aromatic N) is 2. The summed E-state index contributed by atoms with van der Waals surface area (Å²) >= 11 is 0. The molecule has 7 nitrogen and oxygen atoms in total. The van der Waals surface area contributed by atoms with Gasteiger partial charge < -0.3 is 9.84 Å². The molecular weight excluding hydrogens is 258 g/mol. The van der Waals surface area contributed by atoms with Crippen LogP contribution in [0, 0.1) is 0 Å². The number of rotatable bonds is 3. The molecule has 2 heterocycles. The van der Waals surface area contributed by atoms with Crippen molar-refractivity contribution in [2.24, 2.45) is 0 Å². The SMILES string of the molecule is CC1(C)CN(S(=O)(=O)c2cn[nH]c2)CC(CO)O1. The Labute approximate surface area is 106 Å². The predicted molar refractivity (Wildman–Crippen MR) is 63.4 cm³/mol. The number of aromatic amines is 1. The molecule has 1 saturated heterocycles. The van der Waals surface area contributed by atoms with Crippen molar-refractivity contribution in [2.45, 2.75) is 30.4 Å². The third-order valence-electron chi connectivity index (χ3n) is 2.76. The Morgan fingerprint density at radius 1 is 1.67 bits per heavy atom. The molecular formula is C10H17N3O4S. The monoisotopic (exact) mass is 275 g/mol. The van der Waals surface area contributed by atoms with Crippen LogP contribution in [-0.4, -0.2) is 59.4 Å². The molecule has 2 rings (SSSR count). The van der Waals surface area contributed by atoms with Crippen LogP contribution >= 0.6 is 0 Å². The minimum Gasteiger partial charge on any atom is -0.394 e. The minimum absolute atomic E-state index is 0.122. The first-order valence-electron chi connectivity index (χ1n) is 5.63. The third-order valence-corrected chi connectivity index (χ3v) is 4.54. The number of hydrogen-bond donors (Lipinski definition) is 2. The zero-order valence-electron chi connectivity index (χ0n) is 10.3. The summed E-state index contributed by atoms with van der Waals surface area (Å²) in [4.78, 5) is 0.122. The maximum absolute atomic E-state index is 12.3. The van der Waals surface area contributed by atoms with E-state index in [1.165, 1.54) is 16.7 Å². The fourth-order valence-corrected chi connectivity index (χ4v) is 3.58. The van der Waals surface area contributed by atoms with Crippen LogP contribution < -0.4 is 0 Å². The molecule has 0 aliphatic carbocycles. The van der Waals surface area contributed by atoms with E-state index in [1.54, 1.807) is 13.8 Å². The number of morpholine rings is 1. The molecule has 0 amide bonds. The van der Waals surface area contributed by atoms with Gasteiger partial charge in [0.25, 0.3) is 0 Å². The molecule has 0 bridgehead atoms. The van der Waals surface area contributed by atoms with Crippen LogP contribution in [0.25, 0.3) is 0 Å². The van der Waals surface area contributed by atoms with E-state index >= 15 is 0 Å². The van der Waals surface area contributed by atoms with Gasteiger partial charge in [0.2, 0.25) is 10.0 Å². The quantitative estimate of drug-likeness (QED) is 0.780. The maximum Gasteiger partial charge on any atom is 0.246 e. The van der Waals surface area contributed by atoms with Gasteiger partial charge in [-0.15, -0.1) is 0 Å². The highest BCUT2D eigenvalue weighted by atomic mass is 32.2.